The molecule has 0 atom stereocenters. The summed E-state index contributed by atoms with van der Waals surface area (Å²) >= 11 is 0. The summed E-state index contributed by atoms with van der Waals surface area (Å²) < 4.78 is 16.5. The first-order valence-corrected chi connectivity index (χ1v) is 14.2. The summed E-state index contributed by atoms with van der Waals surface area (Å²) in [5.74, 6) is 0.965. The number of hydrogen-bond donors (Lipinski definition) is 1. The molecule has 0 spiro atoms. The molecule has 0 saturated heterocycles. The zero-order valence-electron chi connectivity index (χ0n) is 21.4. The number of rotatable bonds is 8. The number of aldehydes is 1. The first-order chi connectivity index (χ1) is 16.5. The van der Waals surface area contributed by atoms with Crippen LogP contribution < -0.4 is 5.32 Å². The van der Waals surface area contributed by atoms with Gasteiger partial charge in [-0.1, -0.05) is 52.4 Å². The van der Waals surface area contributed by atoms with Crippen LogP contribution in [0.1, 0.15) is 155 Å². The van der Waals surface area contributed by atoms with E-state index in [1.165, 1.54) is 49.8 Å². The molecule has 3 aliphatic rings. The Morgan fingerprint density at radius 2 is 1.56 bits per heavy atom. The van der Waals surface area contributed by atoms with E-state index in [-0.39, 0.29) is 23.8 Å². The maximum Gasteiger partial charge on any atom is 0.253 e. The fraction of sp³-hybridized carbons (Fsp3) is 0.793. The van der Waals surface area contributed by atoms with E-state index in [1.807, 2.05) is 0 Å². The van der Waals surface area contributed by atoms with Crippen LogP contribution in [0.3, 0.4) is 0 Å². The molecule has 5 heteroatoms. The van der Waals surface area contributed by atoms with Gasteiger partial charge in [0.05, 0.1) is 5.56 Å². The van der Waals surface area contributed by atoms with Crippen LogP contribution in [0.25, 0.3) is 0 Å². The maximum absolute atomic E-state index is 14.1. The van der Waals surface area contributed by atoms with E-state index < -0.39 is 6.17 Å². The summed E-state index contributed by atoms with van der Waals surface area (Å²) in [4.78, 5) is 25.5. The monoisotopic (exact) mass is 472 g/mol. The van der Waals surface area contributed by atoms with Crippen molar-refractivity contribution < 1.29 is 14.0 Å². The molecular formula is C29H45FN2O2. The quantitative estimate of drug-likeness (QED) is 0.403. The van der Waals surface area contributed by atoms with Gasteiger partial charge in [-0.25, -0.2) is 4.39 Å². The first-order valence-electron chi connectivity index (χ1n) is 14.2. The van der Waals surface area contributed by atoms with Gasteiger partial charge in [0.1, 0.15) is 12.5 Å². The third-order valence-corrected chi connectivity index (χ3v) is 8.62. The predicted molar refractivity (Wildman–Crippen MR) is 135 cm³/mol. The molecule has 0 unspecified atom stereocenters. The van der Waals surface area contributed by atoms with Crippen LogP contribution in [0.15, 0.2) is 0 Å². The number of carbonyl (C=O) groups excluding carboxylic acids is 2. The molecule has 0 aromatic carbocycles. The van der Waals surface area contributed by atoms with Crippen LogP contribution >= 0.6 is 0 Å². The predicted octanol–water partition coefficient (Wildman–Crippen LogP) is 7.31. The fourth-order valence-corrected chi connectivity index (χ4v) is 7.01. The van der Waals surface area contributed by atoms with Crippen molar-refractivity contribution in [2.75, 3.05) is 0 Å². The van der Waals surface area contributed by atoms with Crippen molar-refractivity contribution in [3.05, 3.63) is 22.5 Å². The second-order valence-corrected chi connectivity index (χ2v) is 11.4. The fourth-order valence-electron chi connectivity index (χ4n) is 7.01. The lowest BCUT2D eigenvalue weighted by atomic mass is 9.77. The molecule has 4 rings (SSSR count). The number of aromatic nitrogens is 1. The van der Waals surface area contributed by atoms with Gasteiger partial charge in [0, 0.05) is 30.4 Å². The van der Waals surface area contributed by atoms with Gasteiger partial charge in [-0.15, -0.1) is 0 Å². The van der Waals surface area contributed by atoms with E-state index in [2.05, 4.69) is 23.7 Å². The molecule has 4 nitrogen and oxygen atoms in total. The molecule has 3 aliphatic carbocycles. The molecule has 1 heterocycles. The standard InChI is InChI=1S/C29H45FN2O2/c1-20(2)27-26(29(34)31-24-12-7-4-8-13-24)25(21-10-5-3-6-11-21)28(32(27)18-9-19-33)22-14-16-23(30)17-15-22/h19-24H,3-18H2,1-2H3,(H,31,34). The molecule has 1 N–H and O–H groups in total. The molecule has 0 aliphatic heterocycles. The number of alkyl halides is 1. The molecule has 1 amide bonds. The van der Waals surface area contributed by atoms with Crippen LogP contribution in [0.2, 0.25) is 0 Å². The number of carbonyl (C=O) groups is 2. The van der Waals surface area contributed by atoms with E-state index in [0.717, 1.165) is 56.1 Å². The van der Waals surface area contributed by atoms with Crippen LogP contribution in [0.4, 0.5) is 4.39 Å². The highest BCUT2D eigenvalue weighted by Gasteiger charge is 2.37. The highest BCUT2D eigenvalue weighted by Crippen LogP contribution is 2.46. The van der Waals surface area contributed by atoms with E-state index in [4.69, 9.17) is 0 Å². The van der Waals surface area contributed by atoms with Crippen molar-refractivity contribution >= 4 is 12.2 Å². The minimum Gasteiger partial charge on any atom is -0.349 e. The Bertz CT molecular complexity index is 826. The largest absolute Gasteiger partial charge is 0.349 e. The summed E-state index contributed by atoms with van der Waals surface area (Å²) in [7, 11) is 0. The van der Waals surface area contributed by atoms with Gasteiger partial charge in [-0.3, -0.25) is 4.79 Å². The zero-order chi connectivity index (χ0) is 24.1. The van der Waals surface area contributed by atoms with Crippen molar-refractivity contribution in [2.24, 2.45) is 0 Å². The Kier molecular flexibility index (Phi) is 8.87. The number of nitrogens with zero attached hydrogens (tertiary/aromatic N) is 1. The minimum atomic E-state index is -0.702. The van der Waals surface area contributed by atoms with Crippen molar-refractivity contribution in [3.8, 4) is 0 Å². The van der Waals surface area contributed by atoms with Gasteiger partial charge in [0.15, 0.2) is 0 Å². The molecule has 1 aromatic rings. The highest BCUT2D eigenvalue weighted by molar-refractivity contribution is 5.98. The van der Waals surface area contributed by atoms with Crippen molar-refractivity contribution in [3.63, 3.8) is 0 Å². The molecule has 190 valence electrons. The van der Waals surface area contributed by atoms with Crippen molar-refractivity contribution in [1.29, 1.82) is 0 Å². The van der Waals surface area contributed by atoms with Crippen LogP contribution in [-0.4, -0.2) is 29.0 Å². The lowest BCUT2D eigenvalue weighted by molar-refractivity contribution is -0.108. The molecule has 0 radical (unpaired) electrons. The van der Waals surface area contributed by atoms with Gasteiger partial charge in [0.2, 0.25) is 0 Å². The van der Waals surface area contributed by atoms with Gasteiger partial charge < -0.3 is 14.7 Å². The lowest BCUT2D eigenvalue weighted by Crippen LogP contribution is -2.37. The van der Waals surface area contributed by atoms with Crippen LogP contribution in [0.5, 0.6) is 0 Å². The maximum atomic E-state index is 14.1. The Labute approximate surface area is 205 Å². The van der Waals surface area contributed by atoms with Gasteiger partial charge in [0.25, 0.3) is 5.91 Å². The molecule has 1 aromatic heterocycles. The van der Waals surface area contributed by atoms with Gasteiger partial charge in [-0.2, -0.15) is 0 Å². The van der Waals surface area contributed by atoms with E-state index in [1.54, 1.807) is 0 Å². The number of hydrogen-bond acceptors (Lipinski definition) is 2. The summed E-state index contributed by atoms with van der Waals surface area (Å²) in [6, 6.07) is 0.268. The second-order valence-electron chi connectivity index (χ2n) is 11.4. The van der Waals surface area contributed by atoms with Crippen molar-refractivity contribution in [1.82, 2.24) is 9.88 Å². The van der Waals surface area contributed by atoms with E-state index >= 15 is 0 Å². The van der Waals surface area contributed by atoms with Gasteiger partial charge >= 0.3 is 0 Å². The van der Waals surface area contributed by atoms with Crippen molar-refractivity contribution in [2.45, 2.75) is 147 Å². The average Bonchev–Trinajstić information content (AvgIpc) is 3.20. The molecule has 3 fully saturated rings. The Balaban J connectivity index is 1.83. The normalized spacial score (nSPS) is 24.9. The molecular weight excluding hydrogens is 427 g/mol. The molecule has 34 heavy (non-hydrogen) atoms. The molecule has 3 saturated carbocycles. The zero-order valence-corrected chi connectivity index (χ0v) is 21.4. The molecule has 0 bridgehead atoms. The second kappa shape index (κ2) is 11.9. The lowest BCUT2D eigenvalue weighted by Gasteiger charge is -2.30. The third kappa shape index (κ3) is 5.60. The summed E-state index contributed by atoms with van der Waals surface area (Å²) in [6.07, 6.45) is 15.4. The third-order valence-electron chi connectivity index (χ3n) is 8.62. The minimum absolute atomic E-state index is 0.0986. The SMILES string of the molecule is CC(C)c1c(C(=O)NC2CCCCC2)c(C2CCCCC2)c(C2CCC(F)CC2)n1CCC=O. The van der Waals surface area contributed by atoms with Crippen LogP contribution in [0, 0.1) is 0 Å². The topological polar surface area (TPSA) is 51.1 Å². The van der Waals surface area contributed by atoms with Gasteiger partial charge in [-0.05, 0) is 74.7 Å². The summed E-state index contributed by atoms with van der Waals surface area (Å²) in [5, 5.41) is 3.43. The number of halogens is 1. The van der Waals surface area contributed by atoms with E-state index in [9.17, 15) is 14.0 Å². The summed E-state index contributed by atoms with van der Waals surface area (Å²) in [5.41, 5.74) is 4.56. The number of amides is 1. The smallest absolute Gasteiger partial charge is 0.253 e. The Morgan fingerprint density at radius 3 is 2.15 bits per heavy atom. The summed E-state index contributed by atoms with van der Waals surface area (Å²) in [6.45, 7) is 4.98. The Hall–Kier alpha value is -1.65. The average molecular weight is 473 g/mol. The van der Waals surface area contributed by atoms with Crippen LogP contribution in [-0.2, 0) is 11.3 Å². The highest BCUT2D eigenvalue weighted by atomic mass is 19.1. The first kappa shape index (κ1) is 25.4. The van der Waals surface area contributed by atoms with E-state index in [0.29, 0.717) is 31.7 Å². The Morgan fingerprint density at radius 1 is 0.941 bits per heavy atom. The number of nitrogens with one attached hydrogen (secondary N) is 1.